The van der Waals surface area contributed by atoms with Gasteiger partial charge >= 0.3 is 6.03 Å². The summed E-state index contributed by atoms with van der Waals surface area (Å²) in [5, 5.41) is 16.9. The van der Waals surface area contributed by atoms with Crippen molar-refractivity contribution >= 4 is 28.3 Å². The van der Waals surface area contributed by atoms with Gasteiger partial charge in [0.1, 0.15) is 18.8 Å². The number of rotatable bonds is 3. The molecule has 0 spiro atoms. The zero-order valence-electron chi connectivity index (χ0n) is 17.5. The van der Waals surface area contributed by atoms with Crippen molar-refractivity contribution in [3.05, 3.63) is 64.9 Å². The van der Waals surface area contributed by atoms with Gasteiger partial charge in [-0.05, 0) is 49.2 Å². The molecule has 0 atom stereocenters. The van der Waals surface area contributed by atoms with Gasteiger partial charge in [0.25, 0.3) is 0 Å². The summed E-state index contributed by atoms with van der Waals surface area (Å²) in [6, 6.07) is 15.1. The average molecular weight is 406 g/mol. The van der Waals surface area contributed by atoms with Gasteiger partial charge in [0, 0.05) is 11.1 Å². The van der Waals surface area contributed by atoms with E-state index in [4.69, 9.17) is 4.74 Å². The molecule has 1 saturated heterocycles. The van der Waals surface area contributed by atoms with E-state index in [1.807, 2.05) is 24.3 Å². The van der Waals surface area contributed by atoms with E-state index < -0.39 is 10.7 Å². The summed E-state index contributed by atoms with van der Waals surface area (Å²) in [7, 11) is 1.50. The molecule has 1 N–H and O–H groups in total. The van der Waals surface area contributed by atoms with Crippen molar-refractivity contribution in [2.75, 3.05) is 43.5 Å². The number of hydroxylamine groups is 3. The highest BCUT2D eigenvalue weighted by Gasteiger charge is 2.33. The predicted octanol–water partition coefficient (Wildman–Crippen LogP) is 4.23. The maximum absolute atomic E-state index is 13.2. The summed E-state index contributed by atoms with van der Waals surface area (Å²) in [4.78, 5) is 19.5. The lowest BCUT2D eigenvalue weighted by Gasteiger charge is -2.45. The second-order valence-corrected chi connectivity index (χ2v) is 7.84. The number of carbonyl (C=O) groups excluding carboxylic acids is 1. The summed E-state index contributed by atoms with van der Waals surface area (Å²) in [5.74, 6) is 0.294. The number of para-hydroxylation sites is 1. The van der Waals surface area contributed by atoms with Crippen LogP contribution in [-0.4, -0.2) is 49.0 Å². The van der Waals surface area contributed by atoms with Gasteiger partial charge in [-0.3, -0.25) is 9.96 Å². The molecule has 4 rings (SSSR count). The number of urea groups is 1. The number of anilines is 2. The van der Waals surface area contributed by atoms with Crippen LogP contribution >= 0.6 is 0 Å². The van der Waals surface area contributed by atoms with Crippen molar-refractivity contribution in [1.29, 1.82) is 0 Å². The van der Waals surface area contributed by atoms with E-state index in [1.54, 1.807) is 6.07 Å². The smallest absolute Gasteiger partial charge is 0.421 e. The average Bonchev–Trinajstić information content (AvgIpc) is 2.73. The molecule has 0 saturated carbocycles. The number of benzene rings is 2. The Hall–Kier alpha value is -3.16. The molecule has 7 heteroatoms. The number of hydrogen-bond acceptors (Lipinski definition) is 5. The Bertz CT molecular complexity index is 1070. The van der Waals surface area contributed by atoms with Crippen LogP contribution in [0.15, 0.2) is 48.5 Å². The standard InChI is InChI=1S/C23H26N4O3/c1-16-12-17(2)14-19(13-16)26-8-10-27(29,11-9-26)23(28)25-21-15-18-6-4-5-7-20(18)24-22(21)30-3/h4-7,12-15H,8-11H2,1-3H3,(H,25,28). The van der Waals surface area contributed by atoms with Gasteiger partial charge in [-0.15, -0.1) is 0 Å². The number of amides is 2. The number of quaternary nitrogens is 1. The summed E-state index contributed by atoms with van der Waals surface area (Å²) in [6.07, 6.45) is 0. The van der Waals surface area contributed by atoms with Gasteiger partial charge in [-0.25, -0.2) is 9.78 Å². The number of carbonyl (C=O) groups is 1. The van der Waals surface area contributed by atoms with Crippen LogP contribution < -0.4 is 15.0 Å². The molecule has 0 radical (unpaired) electrons. The Morgan fingerprint density at radius 1 is 1.10 bits per heavy atom. The fourth-order valence-corrected chi connectivity index (χ4v) is 3.94. The lowest BCUT2D eigenvalue weighted by Crippen LogP contribution is -2.60. The van der Waals surface area contributed by atoms with Crippen LogP contribution in [0, 0.1) is 19.1 Å². The van der Waals surface area contributed by atoms with Gasteiger partial charge in [-0.1, -0.05) is 24.3 Å². The Morgan fingerprint density at radius 2 is 1.77 bits per heavy atom. The highest BCUT2D eigenvalue weighted by Crippen LogP contribution is 2.28. The van der Waals surface area contributed by atoms with Crippen molar-refractivity contribution in [3.8, 4) is 5.88 Å². The molecule has 2 aromatic carbocycles. The number of hydrogen-bond donors (Lipinski definition) is 1. The van der Waals surface area contributed by atoms with Crippen LogP contribution in [0.5, 0.6) is 5.88 Å². The molecule has 2 heterocycles. The summed E-state index contributed by atoms with van der Waals surface area (Å²) in [5.41, 5.74) is 4.64. The maximum atomic E-state index is 13.2. The van der Waals surface area contributed by atoms with Crippen LogP contribution in [0.1, 0.15) is 11.1 Å². The number of ether oxygens (including phenoxy) is 1. The number of fused-ring (bicyclic) bond motifs is 1. The maximum Gasteiger partial charge on any atom is 0.421 e. The summed E-state index contributed by atoms with van der Waals surface area (Å²) >= 11 is 0. The first kappa shape index (κ1) is 20.1. The molecule has 1 aliphatic heterocycles. The highest BCUT2D eigenvalue weighted by molar-refractivity contribution is 5.91. The Balaban J connectivity index is 1.50. The van der Waals surface area contributed by atoms with Crippen LogP contribution in [0.4, 0.5) is 16.2 Å². The van der Waals surface area contributed by atoms with Gasteiger partial charge in [0.2, 0.25) is 5.88 Å². The topological polar surface area (TPSA) is 77.5 Å². The van der Waals surface area contributed by atoms with Gasteiger partial charge < -0.3 is 14.8 Å². The first-order valence-electron chi connectivity index (χ1n) is 10.0. The molecule has 156 valence electrons. The van der Waals surface area contributed by atoms with Crippen LogP contribution in [0.3, 0.4) is 0 Å². The second kappa shape index (κ2) is 7.93. The van der Waals surface area contributed by atoms with Crippen molar-refractivity contribution in [1.82, 2.24) is 4.98 Å². The predicted molar refractivity (Wildman–Crippen MR) is 119 cm³/mol. The van der Waals surface area contributed by atoms with E-state index in [1.165, 1.54) is 18.2 Å². The summed E-state index contributed by atoms with van der Waals surface area (Å²) < 4.78 is 4.41. The molecular weight excluding hydrogens is 380 g/mol. The zero-order valence-corrected chi connectivity index (χ0v) is 17.5. The molecule has 3 aromatic rings. The number of nitrogens with one attached hydrogen (secondary N) is 1. The largest absolute Gasteiger partial charge is 0.624 e. The Kier molecular flexibility index (Phi) is 5.32. The molecule has 0 unspecified atom stereocenters. The number of aromatic nitrogens is 1. The first-order valence-corrected chi connectivity index (χ1v) is 10.0. The third-order valence-corrected chi connectivity index (χ3v) is 5.53. The fraction of sp³-hybridized carbons (Fsp3) is 0.304. The molecular formula is C23H26N4O3. The number of nitrogens with zero attached hydrogens (tertiary/aromatic N) is 3. The molecule has 0 bridgehead atoms. The number of pyridine rings is 1. The van der Waals surface area contributed by atoms with Gasteiger partial charge in [-0.2, -0.15) is 0 Å². The SMILES string of the molecule is COc1nc2ccccc2cc1NC(=O)[N+]1([O-])CCN(c2cc(C)cc(C)c2)CC1. The van der Waals surface area contributed by atoms with Crippen LogP contribution in [0.2, 0.25) is 0 Å². The zero-order chi connectivity index (χ0) is 21.3. The Labute approximate surface area is 176 Å². The second-order valence-electron chi connectivity index (χ2n) is 7.84. The lowest BCUT2D eigenvalue weighted by atomic mass is 10.1. The normalized spacial score (nSPS) is 15.8. The first-order chi connectivity index (χ1) is 14.4. The van der Waals surface area contributed by atoms with Crippen molar-refractivity contribution in [3.63, 3.8) is 0 Å². The van der Waals surface area contributed by atoms with Crippen LogP contribution in [-0.2, 0) is 0 Å². The van der Waals surface area contributed by atoms with Gasteiger partial charge in [0.05, 0.1) is 25.7 Å². The van der Waals surface area contributed by atoms with Crippen LogP contribution in [0.25, 0.3) is 10.9 Å². The third kappa shape index (κ3) is 3.94. The molecule has 1 fully saturated rings. The van der Waals surface area contributed by atoms with Gasteiger partial charge in [0.15, 0.2) is 0 Å². The van der Waals surface area contributed by atoms with Crippen molar-refractivity contribution in [2.45, 2.75) is 13.8 Å². The molecule has 0 aliphatic carbocycles. The number of aryl methyl sites for hydroxylation is 2. The Morgan fingerprint density at radius 3 is 2.43 bits per heavy atom. The minimum absolute atomic E-state index is 0.183. The van der Waals surface area contributed by atoms with E-state index in [2.05, 4.69) is 47.2 Å². The monoisotopic (exact) mass is 406 g/mol. The van der Waals surface area contributed by atoms with E-state index in [0.717, 1.165) is 16.6 Å². The van der Waals surface area contributed by atoms with E-state index >= 15 is 0 Å². The van der Waals surface area contributed by atoms with E-state index in [-0.39, 0.29) is 13.1 Å². The summed E-state index contributed by atoms with van der Waals surface area (Å²) in [6.45, 7) is 5.53. The molecule has 7 nitrogen and oxygen atoms in total. The van der Waals surface area contributed by atoms with Crippen molar-refractivity contribution in [2.24, 2.45) is 0 Å². The number of piperazine rings is 1. The minimum atomic E-state index is -0.919. The third-order valence-electron chi connectivity index (χ3n) is 5.53. The molecule has 30 heavy (non-hydrogen) atoms. The quantitative estimate of drug-likeness (QED) is 0.520. The van der Waals surface area contributed by atoms with E-state index in [9.17, 15) is 10.0 Å². The molecule has 1 aliphatic rings. The molecule has 2 amide bonds. The number of methoxy groups -OCH3 is 1. The van der Waals surface area contributed by atoms with Crippen molar-refractivity contribution < 1.29 is 14.2 Å². The molecule has 1 aromatic heterocycles. The minimum Gasteiger partial charge on any atom is -0.624 e. The lowest BCUT2D eigenvalue weighted by molar-refractivity contribution is -0.797. The fourth-order valence-electron chi connectivity index (χ4n) is 3.94. The van der Waals surface area contributed by atoms with E-state index in [0.29, 0.717) is 24.7 Å². The highest BCUT2D eigenvalue weighted by atomic mass is 16.6.